The predicted octanol–water partition coefficient (Wildman–Crippen LogP) is 4.61. The summed E-state index contributed by atoms with van der Waals surface area (Å²) >= 11 is 1.17. The zero-order valence-electron chi connectivity index (χ0n) is 17.5. The Morgan fingerprint density at radius 2 is 1.65 bits per heavy atom. The Hall–Kier alpha value is -4.05. The molecule has 0 unspecified atom stereocenters. The molecule has 0 bridgehead atoms. The molecule has 7 nitrogen and oxygen atoms in total. The molecule has 0 N–H and O–H groups in total. The Kier molecular flexibility index (Phi) is 5.81. The number of fused-ring (bicyclic) bond motifs is 3. The quantitative estimate of drug-likeness (QED) is 0.251. The van der Waals surface area contributed by atoms with Crippen LogP contribution in [0.4, 0.5) is 8.78 Å². The Morgan fingerprint density at radius 1 is 0.941 bits per heavy atom. The number of halogens is 2. The van der Waals surface area contributed by atoms with Crippen molar-refractivity contribution in [3.8, 4) is 11.4 Å². The number of carbonyl (C=O) groups is 1. The van der Waals surface area contributed by atoms with Gasteiger partial charge >= 0.3 is 6.61 Å². The van der Waals surface area contributed by atoms with Gasteiger partial charge in [0.1, 0.15) is 5.75 Å². The number of hydrogen-bond acceptors (Lipinski definition) is 6. The molecule has 0 fully saturated rings. The maximum Gasteiger partial charge on any atom is 0.387 e. The van der Waals surface area contributed by atoms with Gasteiger partial charge < -0.3 is 4.74 Å². The molecule has 10 heteroatoms. The van der Waals surface area contributed by atoms with Gasteiger partial charge in [0.05, 0.1) is 22.3 Å². The Morgan fingerprint density at radius 3 is 2.38 bits per heavy atom. The fraction of sp³-hybridized carbons (Fsp3) is 0.0833. The molecule has 0 amide bonds. The lowest BCUT2D eigenvalue weighted by Gasteiger charge is -2.11. The summed E-state index contributed by atoms with van der Waals surface area (Å²) in [5, 5.41) is 9.43. The minimum Gasteiger partial charge on any atom is -0.435 e. The predicted molar refractivity (Wildman–Crippen MR) is 124 cm³/mol. The van der Waals surface area contributed by atoms with Crippen LogP contribution < -0.4 is 10.3 Å². The number of aromatic nitrogens is 4. The van der Waals surface area contributed by atoms with Crippen molar-refractivity contribution in [2.24, 2.45) is 0 Å². The molecule has 34 heavy (non-hydrogen) atoms. The lowest BCUT2D eigenvalue weighted by Crippen LogP contribution is -2.21. The van der Waals surface area contributed by atoms with Gasteiger partial charge in [-0.05, 0) is 48.5 Å². The summed E-state index contributed by atoms with van der Waals surface area (Å²) in [5.41, 5.74) is 1.41. The fourth-order valence-electron chi connectivity index (χ4n) is 3.62. The molecule has 5 rings (SSSR count). The number of thioether (sulfide) groups is 1. The highest BCUT2D eigenvalue weighted by molar-refractivity contribution is 7.99. The molecular weight excluding hydrogens is 462 g/mol. The molecule has 0 spiro atoms. The van der Waals surface area contributed by atoms with Gasteiger partial charge in [0.25, 0.3) is 5.56 Å². The molecule has 0 saturated carbocycles. The van der Waals surface area contributed by atoms with Gasteiger partial charge in [0, 0.05) is 5.56 Å². The van der Waals surface area contributed by atoms with E-state index in [0.29, 0.717) is 33.1 Å². The molecule has 170 valence electrons. The van der Waals surface area contributed by atoms with Gasteiger partial charge in [-0.25, -0.2) is 4.57 Å². The molecule has 0 aliphatic rings. The van der Waals surface area contributed by atoms with E-state index >= 15 is 0 Å². The summed E-state index contributed by atoms with van der Waals surface area (Å²) in [6.45, 7) is -2.93. The number of Topliss-reactive ketones (excluding diaryl/α,β-unsaturated/α-hetero) is 1. The summed E-state index contributed by atoms with van der Waals surface area (Å²) in [5.74, 6) is 0.131. The Labute approximate surface area is 195 Å². The maximum atomic E-state index is 13.3. The maximum absolute atomic E-state index is 13.3. The van der Waals surface area contributed by atoms with E-state index in [-0.39, 0.29) is 22.8 Å². The normalized spacial score (nSPS) is 11.4. The number of benzene rings is 3. The van der Waals surface area contributed by atoms with Crippen molar-refractivity contribution < 1.29 is 18.3 Å². The summed E-state index contributed by atoms with van der Waals surface area (Å²) in [4.78, 5) is 26.0. The first kappa shape index (κ1) is 21.8. The number of alkyl halides is 2. The second-order valence-corrected chi connectivity index (χ2v) is 8.17. The second kappa shape index (κ2) is 9.06. The average molecular weight is 478 g/mol. The van der Waals surface area contributed by atoms with Crippen molar-refractivity contribution >= 4 is 34.2 Å². The van der Waals surface area contributed by atoms with E-state index in [0.717, 1.165) is 0 Å². The van der Waals surface area contributed by atoms with Gasteiger partial charge in [-0.3, -0.25) is 14.0 Å². The number of carbonyl (C=O) groups excluding carboxylic acids is 1. The van der Waals surface area contributed by atoms with Gasteiger partial charge in [0.15, 0.2) is 10.9 Å². The van der Waals surface area contributed by atoms with Crippen LogP contribution in [0.1, 0.15) is 10.4 Å². The number of ether oxygens (including phenoxy) is 1. The van der Waals surface area contributed by atoms with Crippen LogP contribution in [-0.4, -0.2) is 37.3 Å². The zero-order chi connectivity index (χ0) is 23.7. The average Bonchev–Trinajstić information content (AvgIpc) is 3.27. The zero-order valence-corrected chi connectivity index (χ0v) is 18.3. The van der Waals surface area contributed by atoms with E-state index < -0.39 is 6.61 Å². The van der Waals surface area contributed by atoms with E-state index in [1.54, 1.807) is 22.6 Å². The van der Waals surface area contributed by atoms with Crippen LogP contribution in [0.25, 0.3) is 22.4 Å². The van der Waals surface area contributed by atoms with Crippen LogP contribution in [0, 0.1) is 0 Å². The van der Waals surface area contributed by atoms with Gasteiger partial charge in [-0.2, -0.15) is 8.78 Å². The molecule has 2 heterocycles. The van der Waals surface area contributed by atoms with Crippen molar-refractivity contribution in [2.45, 2.75) is 11.8 Å². The van der Waals surface area contributed by atoms with Gasteiger partial charge in [-0.15, -0.1) is 10.2 Å². The van der Waals surface area contributed by atoms with Gasteiger partial charge in [-0.1, -0.05) is 42.1 Å². The summed E-state index contributed by atoms with van der Waals surface area (Å²) in [6.07, 6.45) is 0. The smallest absolute Gasteiger partial charge is 0.387 e. The third-order valence-corrected chi connectivity index (χ3v) is 6.07. The van der Waals surface area contributed by atoms with Crippen LogP contribution >= 0.6 is 11.8 Å². The molecule has 3 aromatic carbocycles. The third kappa shape index (κ3) is 4.03. The van der Waals surface area contributed by atoms with E-state index in [9.17, 15) is 18.4 Å². The highest BCUT2D eigenvalue weighted by atomic mass is 32.2. The Bertz CT molecular complexity index is 1550. The minimum atomic E-state index is -2.93. The SMILES string of the molecule is O=C(CSc1nnc2n(-c3ccccc3)c(=O)c3ccccc3n12)c1ccc(OC(F)F)cc1. The molecule has 5 aromatic rings. The molecule has 0 saturated heterocycles. The van der Waals surface area contributed by atoms with Crippen molar-refractivity contribution in [2.75, 3.05) is 5.75 Å². The highest BCUT2D eigenvalue weighted by Crippen LogP contribution is 2.24. The minimum absolute atomic E-state index is 0.0204. The first-order valence-corrected chi connectivity index (χ1v) is 11.2. The van der Waals surface area contributed by atoms with Crippen molar-refractivity contribution in [1.82, 2.24) is 19.2 Å². The lowest BCUT2D eigenvalue weighted by molar-refractivity contribution is -0.0498. The van der Waals surface area contributed by atoms with E-state index in [2.05, 4.69) is 14.9 Å². The largest absolute Gasteiger partial charge is 0.435 e. The first-order chi connectivity index (χ1) is 16.5. The number of hydrogen-bond donors (Lipinski definition) is 0. The number of ketones is 1. The van der Waals surface area contributed by atoms with Gasteiger partial charge in [0.2, 0.25) is 5.78 Å². The molecule has 0 atom stereocenters. The summed E-state index contributed by atoms with van der Waals surface area (Å²) < 4.78 is 32.2. The Balaban J connectivity index is 1.51. The molecular formula is C24H16F2N4O3S. The molecule has 0 aliphatic heterocycles. The van der Waals surface area contributed by atoms with Crippen LogP contribution in [0.2, 0.25) is 0 Å². The standard InChI is InChI=1S/C24H16F2N4O3S/c25-22(26)33-17-12-10-15(11-13-17)20(31)14-34-24-28-27-23-29(16-6-2-1-3-7-16)21(32)18-8-4-5-9-19(18)30(23)24/h1-13,22H,14H2. The molecule has 0 radical (unpaired) electrons. The topological polar surface area (TPSA) is 78.5 Å². The monoisotopic (exact) mass is 478 g/mol. The van der Waals surface area contributed by atoms with E-state index in [4.69, 9.17) is 0 Å². The summed E-state index contributed by atoms with van der Waals surface area (Å²) in [7, 11) is 0. The van der Waals surface area contributed by atoms with Crippen LogP contribution in [0.5, 0.6) is 5.75 Å². The van der Waals surface area contributed by atoms with Crippen LogP contribution in [0.3, 0.4) is 0 Å². The number of rotatable bonds is 7. The van der Waals surface area contributed by atoms with Crippen molar-refractivity contribution in [3.63, 3.8) is 0 Å². The molecule has 0 aliphatic carbocycles. The van der Waals surface area contributed by atoms with E-state index in [1.165, 1.54) is 40.6 Å². The van der Waals surface area contributed by atoms with E-state index in [1.807, 2.05) is 36.4 Å². The summed E-state index contributed by atoms with van der Waals surface area (Å²) in [6, 6.07) is 21.8. The number of para-hydroxylation sites is 2. The second-order valence-electron chi connectivity index (χ2n) is 7.23. The third-order valence-electron chi connectivity index (χ3n) is 5.14. The highest BCUT2D eigenvalue weighted by Gasteiger charge is 2.19. The molecule has 2 aromatic heterocycles. The number of nitrogens with zero attached hydrogens (tertiary/aromatic N) is 4. The van der Waals surface area contributed by atoms with Crippen LogP contribution in [-0.2, 0) is 0 Å². The van der Waals surface area contributed by atoms with Crippen LogP contribution in [0.15, 0.2) is 88.8 Å². The van der Waals surface area contributed by atoms with Crippen molar-refractivity contribution in [3.05, 3.63) is 94.8 Å². The lowest BCUT2D eigenvalue weighted by atomic mass is 10.1. The fourth-order valence-corrected chi connectivity index (χ4v) is 4.45. The first-order valence-electron chi connectivity index (χ1n) is 10.2. The van der Waals surface area contributed by atoms with Crippen molar-refractivity contribution in [1.29, 1.82) is 0 Å².